The van der Waals surface area contributed by atoms with Crippen LogP contribution in [0.5, 0.6) is 5.75 Å². The predicted molar refractivity (Wildman–Crippen MR) is 90.8 cm³/mol. The highest BCUT2D eigenvalue weighted by atomic mass is 32.1. The molecule has 0 saturated carbocycles. The van der Waals surface area contributed by atoms with Gasteiger partial charge in [0.25, 0.3) is 5.91 Å². The molecule has 0 aliphatic heterocycles. The highest BCUT2D eigenvalue weighted by Crippen LogP contribution is 2.26. The van der Waals surface area contributed by atoms with E-state index in [0.29, 0.717) is 23.6 Å². The van der Waals surface area contributed by atoms with Crippen LogP contribution in [-0.4, -0.2) is 17.4 Å². The Bertz CT molecular complexity index is 836. The number of nitrogens with one attached hydrogen (secondary N) is 1. The van der Waals surface area contributed by atoms with Crippen molar-refractivity contribution in [2.45, 2.75) is 6.92 Å². The quantitative estimate of drug-likeness (QED) is 0.373. The van der Waals surface area contributed by atoms with Gasteiger partial charge in [0.2, 0.25) is 0 Å². The fourth-order valence-corrected chi connectivity index (χ4v) is 2.55. The summed E-state index contributed by atoms with van der Waals surface area (Å²) in [7, 11) is 0. The summed E-state index contributed by atoms with van der Waals surface area (Å²) in [5.74, 6) is -0.115. The summed E-state index contributed by atoms with van der Waals surface area (Å²) in [6.45, 7) is 2.26. The Morgan fingerprint density at radius 2 is 2.25 bits per heavy atom. The first kappa shape index (κ1) is 17.2. The van der Waals surface area contributed by atoms with Crippen molar-refractivity contribution in [3.8, 4) is 11.8 Å². The molecule has 8 heteroatoms. The van der Waals surface area contributed by atoms with Crippen molar-refractivity contribution in [3.05, 3.63) is 57.0 Å². The number of nitrogens with zero attached hydrogens (tertiary/aromatic N) is 2. The van der Waals surface area contributed by atoms with Crippen molar-refractivity contribution in [3.63, 3.8) is 0 Å². The Balaban J connectivity index is 2.21. The van der Waals surface area contributed by atoms with Gasteiger partial charge in [0.05, 0.1) is 17.2 Å². The van der Waals surface area contributed by atoms with E-state index in [0.717, 1.165) is 11.3 Å². The van der Waals surface area contributed by atoms with Crippen LogP contribution in [0.3, 0.4) is 0 Å². The summed E-state index contributed by atoms with van der Waals surface area (Å²) in [4.78, 5) is 22.4. The van der Waals surface area contributed by atoms with Crippen molar-refractivity contribution in [1.29, 1.82) is 5.26 Å². The zero-order valence-corrected chi connectivity index (χ0v) is 13.5. The molecule has 24 heavy (non-hydrogen) atoms. The fourth-order valence-electron chi connectivity index (χ4n) is 1.87. The van der Waals surface area contributed by atoms with Crippen molar-refractivity contribution in [1.82, 2.24) is 0 Å². The number of hydrogen-bond acceptors (Lipinski definition) is 6. The SMILES string of the molecule is CCOc1ccccc1NC(=O)/C(C#N)=C\c1csc([N+](=O)[O-])c1. The van der Waals surface area contributed by atoms with Crippen molar-refractivity contribution >= 4 is 34.0 Å². The average molecular weight is 343 g/mol. The van der Waals surface area contributed by atoms with Gasteiger partial charge in [-0.3, -0.25) is 14.9 Å². The number of hydrogen-bond donors (Lipinski definition) is 1. The maximum atomic E-state index is 12.3. The number of amides is 1. The first-order valence-electron chi connectivity index (χ1n) is 6.93. The molecular formula is C16H13N3O4S. The Hall–Kier alpha value is -3.18. The van der Waals surface area contributed by atoms with E-state index in [1.165, 1.54) is 17.5 Å². The molecule has 7 nitrogen and oxygen atoms in total. The number of para-hydroxylation sites is 2. The second kappa shape index (κ2) is 7.89. The number of rotatable bonds is 6. The van der Waals surface area contributed by atoms with Crippen LogP contribution in [0.15, 0.2) is 41.3 Å². The molecule has 0 aliphatic carbocycles. The van der Waals surface area contributed by atoms with Gasteiger partial charge in [-0.1, -0.05) is 23.5 Å². The molecule has 1 aromatic carbocycles. The van der Waals surface area contributed by atoms with Crippen LogP contribution in [-0.2, 0) is 4.79 Å². The number of anilines is 1. The molecule has 122 valence electrons. The normalized spacial score (nSPS) is 10.8. The Morgan fingerprint density at radius 3 is 2.88 bits per heavy atom. The average Bonchev–Trinajstić information content (AvgIpc) is 3.03. The standard InChI is InChI=1S/C16H13N3O4S/c1-2-23-14-6-4-3-5-13(14)18-16(20)12(9-17)7-11-8-15(19(21)22)24-10-11/h3-8,10H,2H2,1H3,(H,18,20)/b12-7-. The summed E-state index contributed by atoms with van der Waals surface area (Å²) in [6, 6.07) is 9.98. The largest absolute Gasteiger partial charge is 0.492 e. The maximum Gasteiger partial charge on any atom is 0.324 e. The molecule has 0 spiro atoms. The molecule has 2 aromatic rings. The van der Waals surface area contributed by atoms with Gasteiger partial charge in [-0.15, -0.1) is 0 Å². The fraction of sp³-hybridized carbons (Fsp3) is 0.125. The smallest absolute Gasteiger partial charge is 0.324 e. The van der Waals surface area contributed by atoms with Gasteiger partial charge >= 0.3 is 5.00 Å². The van der Waals surface area contributed by atoms with Gasteiger partial charge in [0.15, 0.2) is 0 Å². The lowest BCUT2D eigenvalue weighted by Crippen LogP contribution is -2.14. The van der Waals surface area contributed by atoms with Crippen LogP contribution < -0.4 is 10.1 Å². The number of carbonyl (C=O) groups is 1. The zero-order valence-electron chi connectivity index (χ0n) is 12.7. The van der Waals surface area contributed by atoms with E-state index in [-0.39, 0.29) is 10.6 Å². The van der Waals surface area contributed by atoms with Gasteiger partial charge in [-0.2, -0.15) is 5.26 Å². The van der Waals surface area contributed by atoms with Crippen molar-refractivity contribution in [2.24, 2.45) is 0 Å². The summed E-state index contributed by atoms with van der Waals surface area (Å²) in [6.07, 6.45) is 1.31. The zero-order chi connectivity index (χ0) is 17.5. The van der Waals surface area contributed by atoms with Crippen LogP contribution >= 0.6 is 11.3 Å². The van der Waals surface area contributed by atoms with Crippen LogP contribution in [0.4, 0.5) is 10.7 Å². The van der Waals surface area contributed by atoms with E-state index in [2.05, 4.69) is 5.32 Å². The molecule has 1 N–H and O–H groups in total. The van der Waals surface area contributed by atoms with Crippen molar-refractivity contribution < 1.29 is 14.5 Å². The lowest BCUT2D eigenvalue weighted by molar-refractivity contribution is -0.380. The summed E-state index contributed by atoms with van der Waals surface area (Å²) >= 11 is 0.930. The van der Waals surface area contributed by atoms with Gasteiger partial charge in [0, 0.05) is 11.4 Å². The first-order valence-corrected chi connectivity index (χ1v) is 7.81. The minimum Gasteiger partial charge on any atom is -0.492 e. The summed E-state index contributed by atoms with van der Waals surface area (Å²) in [5.41, 5.74) is 0.715. The van der Waals surface area contributed by atoms with Gasteiger partial charge in [0.1, 0.15) is 17.4 Å². The van der Waals surface area contributed by atoms with Crippen molar-refractivity contribution in [2.75, 3.05) is 11.9 Å². The number of thiophene rings is 1. The minimum absolute atomic E-state index is 0.0550. The number of carbonyl (C=O) groups excluding carboxylic acids is 1. The molecule has 1 heterocycles. The predicted octanol–water partition coefficient (Wildman–Crippen LogP) is 3.60. The molecule has 2 rings (SSSR count). The second-order valence-electron chi connectivity index (χ2n) is 4.53. The third-order valence-corrected chi connectivity index (χ3v) is 3.80. The molecular weight excluding hydrogens is 330 g/mol. The molecule has 1 amide bonds. The lowest BCUT2D eigenvalue weighted by atomic mass is 10.2. The Labute approximate surface area is 141 Å². The number of nitriles is 1. The number of benzene rings is 1. The molecule has 1 aromatic heterocycles. The highest BCUT2D eigenvalue weighted by molar-refractivity contribution is 7.13. The molecule has 0 radical (unpaired) electrons. The van der Waals surface area contributed by atoms with E-state index in [1.54, 1.807) is 30.3 Å². The second-order valence-corrected chi connectivity index (χ2v) is 5.42. The summed E-state index contributed by atoms with van der Waals surface area (Å²) < 4.78 is 5.41. The molecule has 0 bridgehead atoms. The molecule has 0 aliphatic rings. The number of ether oxygens (including phenoxy) is 1. The van der Waals surface area contributed by atoms with E-state index < -0.39 is 10.8 Å². The van der Waals surface area contributed by atoms with E-state index in [4.69, 9.17) is 4.74 Å². The third-order valence-electron chi connectivity index (χ3n) is 2.90. The van der Waals surface area contributed by atoms with Gasteiger partial charge in [-0.05, 0) is 30.7 Å². The number of nitro groups is 1. The van der Waals surface area contributed by atoms with Crippen LogP contribution in [0.25, 0.3) is 6.08 Å². The summed E-state index contributed by atoms with van der Waals surface area (Å²) in [5, 5.41) is 23.9. The van der Waals surface area contributed by atoms with E-state index in [9.17, 15) is 20.2 Å². The van der Waals surface area contributed by atoms with E-state index in [1.807, 2.05) is 6.92 Å². The lowest BCUT2D eigenvalue weighted by Gasteiger charge is -2.10. The van der Waals surface area contributed by atoms with Crippen LogP contribution in [0, 0.1) is 21.4 Å². The van der Waals surface area contributed by atoms with Crippen LogP contribution in [0.2, 0.25) is 0 Å². The molecule has 0 atom stereocenters. The molecule has 0 saturated heterocycles. The van der Waals surface area contributed by atoms with E-state index >= 15 is 0 Å². The third kappa shape index (κ3) is 4.18. The molecule has 0 unspecified atom stereocenters. The highest BCUT2D eigenvalue weighted by Gasteiger charge is 2.14. The first-order chi connectivity index (χ1) is 11.5. The van der Waals surface area contributed by atoms with Gasteiger partial charge in [-0.25, -0.2) is 0 Å². The minimum atomic E-state index is -0.612. The monoisotopic (exact) mass is 343 g/mol. The Morgan fingerprint density at radius 1 is 1.50 bits per heavy atom. The van der Waals surface area contributed by atoms with Gasteiger partial charge < -0.3 is 10.1 Å². The molecule has 0 fully saturated rings. The maximum absolute atomic E-state index is 12.3. The topological polar surface area (TPSA) is 105 Å². The Kier molecular flexibility index (Phi) is 5.65. The van der Waals surface area contributed by atoms with Crippen LogP contribution in [0.1, 0.15) is 12.5 Å².